The number of allylic oxidation sites excluding steroid dienone is 2. The van der Waals surface area contributed by atoms with E-state index in [1.165, 1.54) is 6.08 Å². The van der Waals surface area contributed by atoms with Gasteiger partial charge in [0.25, 0.3) is 0 Å². The van der Waals surface area contributed by atoms with Crippen molar-refractivity contribution in [1.29, 1.82) is 0 Å². The second-order valence-electron chi connectivity index (χ2n) is 2.59. The molecule has 1 aliphatic rings. The second kappa shape index (κ2) is 2.38. The second-order valence-corrected chi connectivity index (χ2v) is 2.59. The molecule has 0 bridgehead atoms. The molecule has 0 spiro atoms. The third kappa shape index (κ3) is 1.44. The Hall–Kier alpha value is -0.530. The van der Waals surface area contributed by atoms with Crippen molar-refractivity contribution in [3.63, 3.8) is 0 Å². The molecule has 0 fully saturated rings. The summed E-state index contributed by atoms with van der Waals surface area (Å²) in [6.45, 7) is 1.90. The summed E-state index contributed by atoms with van der Waals surface area (Å²) in [6, 6.07) is 0. The normalized spacial score (nSPS) is 36.0. The molecule has 1 rings (SSSR count). The Balaban J connectivity index is 2.61. The van der Waals surface area contributed by atoms with Crippen molar-refractivity contribution in [3.05, 3.63) is 11.8 Å². The zero-order chi connectivity index (χ0) is 6.85. The van der Waals surface area contributed by atoms with E-state index in [9.17, 15) is 4.39 Å². The molecule has 0 aliphatic heterocycles. The molecule has 0 saturated heterocycles. The van der Waals surface area contributed by atoms with Crippen molar-refractivity contribution in [2.75, 3.05) is 0 Å². The van der Waals surface area contributed by atoms with E-state index in [0.717, 1.165) is 6.42 Å². The summed E-state index contributed by atoms with van der Waals surface area (Å²) in [4.78, 5) is 0. The smallest absolute Gasteiger partial charge is 0.122 e. The van der Waals surface area contributed by atoms with E-state index in [1.807, 2.05) is 6.92 Å². The molecule has 0 unspecified atom stereocenters. The summed E-state index contributed by atoms with van der Waals surface area (Å²) in [6.07, 6.45) is 1.71. The average molecular weight is 130 g/mol. The van der Waals surface area contributed by atoms with Crippen molar-refractivity contribution < 1.29 is 9.50 Å². The lowest BCUT2D eigenvalue weighted by atomic mass is 9.95. The Kier molecular flexibility index (Phi) is 1.74. The van der Waals surface area contributed by atoms with E-state index in [1.54, 1.807) is 0 Å². The van der Waals surface area contributed by atoms with Gasteiger partial charge in [0, 0.05) is 5.92 Å². The first-order valence-corrected chi connectivity index (χ1v) is 3.25. The highest BCUT2D eigenvalue weighted by atomic mass is 19.1. The van der Waals surface area contributed by atoms with Crippen molar-refractivity contribution in [2.24, 2.45) is 5.92 Å². The molecule has 0 saturated carbocycles. The van der Waals surface area contributed by atoms with Crippen LogP contribution in [0.5, 0.6) is 0 Å². The van der Waals surface area contributed by atoms with Crippen LogP contribution < -0.4 is 0 Å². The maximum absolute atomic E-state index is 12.4. The van der Waals surface area contributed by atoms with Gasteiger partial charge in [0.15, 0.2) is 0 Å². The molecule has 1 N–H and O–H groups in total. The number of halogens is 1. The summed E-state index contributed by atoms with van der Waals surface area (Å²) in [5, 5.41) is 8.97. The van der Waals surface area contributed by atoms with Crippen LogP contribution >= 0.6 is 0 Å². The third-order valence-electron chi connectivity index (χ3n) is 1.73. The van der Waals surface area contributed by atoms with Gasteiger partial charge in [-0.15, -0.1) is 0 Å². The van der Waals surface area contributed by atoms with Crippen LogP contribution in [0.4, 0.5) is 4.39 Å². The lowest BCUT2D eigenvalue weighted by molar-refractivity contribution is 0.259. The fraction of sp³-hybridized carbons (Fsp3) is 0.714. The quantitative estimate of drug-likeness (QED) is 0.533. The molecule has 0 aromatic heterocycles. The Bertz CT molecular complexity index is 131. The zero-order valence-corrected chi connectivity index (χ0v) is 5.47. The summed E-state index contributed by atoms with van der Waals surface area (Å²) >= 11 is 0. The molecule has 1 nitrogen and oxygen atoms in total. The van der Waals surface area contributed by atoms with Crippen LogP contribution in [0.3, 0.4) is 0 Å². The SMILES string of the molecule is C[C@@H]1CC[C@H](F)C=C1O. The first-order valence-electron chi connectivity index (χ1n) is 3.25. The van der Waals surface area contributed by atoms with Gasteiger partial charge < -0.3 is 5.11 Å². The van der Waals surface area contributed by atoms with Gasteiger partial charge in [-0.05, 0) is 18.9 Å². The van der Waals surface area contributed by atoms with Gasteiger partial charge >= 0.3 is 0 Å². The molecule has 2 atom stereocenters. The summed E-state index contributed by atoms with van der Waals surface area (Å²) in [5.74, 6) is 0.380. The lowest BCUT2D eigenvalue weighted by Gasteiger charge is -2.17. The van der Waals surface area contributed by atoms with E-state index < -0.39 is 6.17 Å². The maximum Gasteiger partial charge on any atom is 0.122 e. The molecule has 9 heavy (non-hydrogen) atoms. The molecule has 0 heterocycles. The number of alkyl halides is 1. The molecular formula is C7H11FO. The Morgan fingerprint density at radius 3 is 2.78 bits per heavy atom. The van der Waals surface area contributed by atoms with E-state index in [4.69, 9.17) is 5.11 Å². The summed E-state index contributed by atoms with van der Waals surface area (Å²) in [7, 11) is 0. The fourth-order valence-corrected chi connectivity index (χ4v) is 0.990. The van der Waals surface area contributed by atoms with Gasteiger partial charge in [0.1, 0.15) is 6.17 Å². The Morgan fingerprint density at radius 2 is 2.33 bits per heavy atom. The maximum atomic E-state index is 12.4. The predicted molar refractivity (Wildman–Crippen MR) is 34.0 cm³/mol. The van der Waals surface area contributed by atoms with Gasteiger partial charge in [-0.1, -0.05) is 6.92 Å². The number of aliphatic hydroxyl groups excluding tert-OH is 1. The highest BCUT2D eigenvalue weighted by Crippen LogP contribution is 2.23. The van der Waals surface area contributed by atoms with Crippen molar-refractivity contribution >= 4 is 0 Å². The van der Waals surface area contributed by atoms with Gasteiger partial charge in [-0.2, -0.15) is 0 Å². The topological polar surface area (TPSA) is 20.2 Å². The molecule has 0 aromatic carbocycles. The summed E-state index contributed by atoms with van der Waals surface area (Å²) < 4.78 is 12.4. The fourth-order valence-electron chi connectivity index (χ4n) is 0.990. The van der Waals surface area contributed by atoms with Gasteiger partial charge in [-0.25, -0.2) is 4.39 Å². The predicted octanol–water partition coefficient (Wildman–Crippen LogP) is 2.20. The third-order valence-corrected chi connectivity index (χ3v) is 1.73. The van der Waals surface area contributed by atoms with Gasteiger partial charge in [0.05, 0.1) is 5.76 Å². The average Bonchev–Trinajstić information content (AvgIpc) is 1.80. The first-order chi connectivity index (χ1) is 4.20. The minimum atomic E-state index is -0.916. The molecule has 1 aliphatic carbocycles. The highest BCUT2D eigenvalue weighted by Gasteiger charge is 2.17. The zero-order valence-electron chi connectivity index (χ0n) is 5.47. The van der Waals surface area contributed by atoms with Crippen molar-refractivity contribution in [1.82, 2.24) is 0 Å². The van der Waals surface area contributed by atoms with E-state index in [0.29, 0.717) is 6.42 Å². The Labute approximate surface area is 54.2 Å². The molecule has 2 heteroatoms. The molecular weight excluding hydrogens is 119 g/mol. The summed E-state index contributed by atoms with van der Waals surface area (Å²) in [5.41, 5.74) is 0. The van der Waals surface area contributed by atoms with Crippen molar-refractivity contribution in [3.8, 4) is 0 Å². The monoisotopic (exact) mass is 130 g/mol. The van der Waals surface area contributed by atoms with E-state index in [2.05, 4.69) is 0 Å². The van der Waals surface area contributed by atoms with Crippen LogP contribution in [-0.2, 0) is 0 Å². The number of aliphatic hydroxyl groups is 1. The van der Waals surface area contributed by atoms with Gasteiger partial charge in [-0.3, -0.25) is 0 Å². The molecule has 0 aromatic rings. The molecule has 0 amide bonds. The lowest BCUT2D eigenvalue weighted by Crippen LogP contribution is -2.11. The van der Waals surface area contributed by atoms with Crippen LogP contribution in [0.15, 0.2) is 11.8 Å². The van der Waals surface area contributed by atoms with E-state index >= 15 is 0 Å². The van der Waals surface area contributed by atoms with Crippen LogP contribution in [0, 0.1) is 5.92 Å². The largest absolute Gasteiger partial charge is 0.512 e. The minimum Gasteiger partial charge on any atom is -0.512 e. The first kappa shape index (κ1) is 6.59. The van der Waals surface area contributed by atoms with Crippen LogP contribution in [0.1, 0.15) is 19.8 Å². The number of hydrogen-bond acceptors (Lipinski definition) is 1. The van der Waals surface area contributed by atoms with Gasteiger partial charge in [0.2, 0.25) is 0 Å². The standard InChI is InChI=1S/C7H11FO/c1-5-2-3-6(8)4-7(5)9/h4-6,9H,2-3H2,1H3/t5-,6+/m1/s1. The number of hydrogen-bond donors (Lipinski definition) is 1. The van der Waals surface area contributed by atoms with E-state index in [-0.39, 0.29) is 11.7 Å². The van der Waals surface area contributed by atoms with Crippen molar-refractivity contribution in [2.45, 2.75) is 25.9 Å². The van der Waals surface area contributed by atoms with Crippen LogP contribution in [-0.4, -0.2) is 11.3 Å². The minimum absolute atomic E-state index is 0.164. The molecule has 52 valence electrons. The van der Waals surface area contributed by atoms with Crippen LogP contribution in [0.25, 0.3) is 0 Å². The Morgan fingerprint density at radius 1 is 1.67 bits per heavy atom. The molecule has 0 radical (unpaired) electrons. The van der Waals surface area contributed by atoms with Crippen LogP contribution in [0.2, 0.25) is 0 Å². The highest BCUT2D eigenvalue weighted by molar-refractivity contribution is 5.03. The number of rotatable bonds is 0.